The maximum absolute atomic E-state index is 11.5. The molecule has 0 saturated carbocycles. The van der Waals surface area contributed by atoms with Crippen LogP contribution < -0.4 is 3.58 Å². The van der Waals surface area contributed by atoms with Crippen LogP contribution in [0.4, 0.5) is 0 Å². The van der Waals surface area contributed by atoms with E-state index < -0.39 is 31.0 Å². The van der Waals surface area contributed by atoms with E-state index in [0.717, 1.165) is 6.26 Å². The van der Waals surface area contributed by atoms with E-state index in [1.54, 1.807) is 12.4 Å². The number of rotatable bonds is 12. The number of sulfone groups is 1. The Labute approximate surface area is 158 Å². The summed E-state index contributed by atoms with van der Waals surface area (Å²) in [6.07, 6.45) is 16.2. The van der Waals surface area contributed by atoms with Crippen molar-refractivity contribution in [2.24, 2.45) is 0 Å². The van der Waals surface area contributed by atoms with Crippen LogP contribution in [0.1, 0.15) is 78.6 Å². The van der Waals surface area contributed by atoms with Gasteiger partial charge in [0.25, 0.3) is 0 Å². The molecule has 6 heteroatoms. The fourth-order valence-electron chi connectivity index (χ4n) is 2.99. The normalized spacial score (nSPS) is 12.5. The molecule has 0 N–H and O–H groups in total. The molecule has 1 aromatic heterocycles. The average Bonchev–Trinajstić information content (AvgIpc) is 2.56. The summed E-state index contributed by atoms with van der Waals surface area (Å²) in [4.78, 5) is 8.24. The molecule has 0 bridgehead atoms. The fraction of sp³-hybridized carbons (Fsp3) is 0.778. The third kappa shape index (κ3) is 7.38. The second kappa shape index (κ2) is 10.7. The Hall–Kier alpha value is -0.171. The number of hydrogen-bond donors (Lipinski definition) is 0. The molecule has 24 heavy (non-hydrogen) atoms. The van der Waals surface area contributed by atoms with Crippen LogP contribution in [0.3, 0.4) is 0 Å². The van der Waals surface area contributed by atoms with Crippen molar-refractivity contribution >= 4 is 34.6 Å². The first-order valence-corrected chi connectivity index (χ1v) is 13.9. The van der Waals surface area contributed by atoms with Crippen molar-refractivity contribution in [3.8, 4) is 0 Å². The van der Waals surface area contributed by atoms with Gasteiger partial charge in [-0.1, -0.05) is 0 Å². The maximum atomic E-state index is 11.5. The van der Waals surface area contributed by atoms with Gasteiger partial charge in [0.2, 0.25) is 0 Å². The number of nitrogens with zero attached hydrogens (tertiary/aromatic N) is 2. The molecule has 0 aromatic carbocycles. The zero-order valence-electron chi connectivity index (χ0n) is 15.6. The van der Waals surface area contributed by atoms with E-state index in [0.29, 0.717) is 3.43 Å². The molecule has 0 aliphatic rings. The molecule has 0 unspecified atom stereocenters. The van der Waals surface area contributed by atoms with Gasteiger partial charge in [-0.05, 0) is 0 Å². The van der Waals surface area contributed by atoms with E-state index in [-0.39, 0.29) is 5.16 Å². The minimum absolute atomic E-state index is 0.0492. The molecule has 0 aliphatic heterocycles. The summed E-state index contributed by atoms with van der Waals surface area (Å²) < 4.78 is 24.8. The number of aromatic nitrogens is 2. The van der Waals surface area contributed by atoms with Gasteiger partial charge in [0.15, 0.2) is 0 Å². The van der Waals surface area contributed by atoms with Gasteiger partial charge in [0.1, 0.15) is 0 Å². The second-order valence-electron chi connectivity index (χ2n) is 6.74. The van der Waals surface area contributed by atoms with Gasteiger partial charge in [-0.3, -0.25) is 0 Å². The summed E-state index contributed by atoms with van der Waals surface area (Å²) in [5.74, 6) is 0. The van der Waals surface area contributed by atoms with E-state index in [4.69, 9.17) is 0 Å². The van der Waals surface area contributed by atoms with Crippen molar-refractivity contribution in [3.05, 3.63) is 12.4 Å². The van der Waals surface area contributed by atoms with E-state index in [1.165, 1.54) is 61.4 Å². The van der Waals surface area contributed by atoms with Crippen molar-refractivity contribution in [2.75, 3.05) is 6.26 Å². The molecule has 0 amide bonds. The predicted octanol–water partition coefficient (Wildman–Crippen LogP) is 3.94. The summed E-state index contributed by atoms with van der Waals surface area (Å²) in [7, 11) is -3.31. The number of unbranched alkanes of at least 4 members (excludes halogenated alkanes) is 3. The Morgan fingerprint density at radius 3 is 1.67 bits per heavy atom. The standard InChI is InChI=1S/C13H27.C5H5N2O2S.Sn/c1-4-7-10-13(11-8-5-2)12-9-6-3;1-10(8,9)5-6-3-2-4-7-5;/h4-12H2,1-3H3;3-4H,1H3;. The minimum atomic E-state index is -3.31. The predicted molar refractivity (Wildman–Crippen MR) is 102 cm³/mol. The molecule has 4 nitrogen and oxygen atoms in total. The van der Waals surface area contributed by atoms with Crippen molar-refractivity contribution in [1.82, 2.24) is 9.97 Å². The SMILES string of the molecule is CCCC[C](CCCC)(CCCC)[Sn][c]1cnc(S(C)(=O)=O)nc1. The Morgan fingerprint density at radius 2 is 1.33 bits per heavy atom. The van der Waals surface area contributed by atoms with Crippen LogP contribution in [0.2, 0.25) is 3.43 Å². The molecular weight excluding hydrogens is 427 g/mol. The topological polar surface area (TPSA) is 59.9 Å². The fourth-order valence-corrected chi connectivity index (χ4v) is 8.54. The quantitative estimate of drug-likeness (QED) is 0.351. The van der Waals surface area contributed by atoms with Crippen LogP contribution in [0.5, 0.6) is 0 Å². The zero-order valence-corrected chi connectivity index (χ0v) is 19.3. The van der Waals surface area contributed by atoms with Gasteiger partial charge < -0.3 is 0 Å². The molecule has 1 aromatic rings. The van der Waals surface area contributed by atoms with Gasteiger partial charge in [-0.15, -0.1) is 0 Å². The molecular formula is C18H32N2O2SSn. The van der Waals surface area contributed by atoms with Crippen LogP contribution in [-0.4, -0.2) is 45.8 Å². The van der Waals surface area contributed by atoms with Gasteiger partial charge in [0.05, 0.1) is 0 Å². The molecule has 1 heterocycles. The molecule has 0 fully saturated rings. The second-order valence-corrected chi connectivity index (χ2v) is 14.0. The molecule has 136 valence electrons. The Bertz CT molecular complexity index is 551. The third-order valence-electron chi connectivity index (χ3n) is 4.40. The van der Waals surface area contributed by atoms with Crippen molar-refractivity contribution < 1.29 is 8.42 Å². The first kappa shape index (κ1) is 21.9. The van der Waals surface area contributed by atoms with Crippen LogP contribution in [-0.2, 0) is 9.84 Å². The molecule has 0 spiro atoms. The Balaban J connectivity index is 2.99. The molecule has 0 atom stereocenters. The Morgan fingerprint density at radius 1 is 0.917 bits per heavy atom. The van der Waals surface area contributed by atoms with Crippen LogP contribution in [0.15, 0.2) is 17.6 Å². The van der Waals surface area contributed by atoms with Gasteiger partial charge >= 0.3 is 159 Å². The van der Waals surface area contributed by atoms with Gasteiger partial charge in [-0.2, -0.15) is 0 Å². The average molecular weight is 459 g/mol. The molecule has 0 aliphatic carbocycles. The van der Waals surface area contributed by atoms with Crippen LogP contribution in [0, 0.1) is 0 Å². The van der Waals surface area contributed by atoms with E-state index >= 15 is 0 Å². The zero-order chi connectivity index (χ0) is 18.1. The van der Waals surface area contributed by atoms with E-state index in [9.17, 15) is 8.42 Å². The van der Waals surface area contributed by atoms with E-state index in [1.807, 2.05) is 0 Å². The van der Waals surface area contributed by atoms with Gasteiger partial charge in [-0.25, -0.2) is 0 Å². The van der Waals surface area contributed by atoms with Crippen LogP contribution in [0.25, 0.3) is 0 Å². The summed E-state index contributed by atoms with van der Waals surface area (Å²) >= 11 is -0.881. The summed E-state index contributed by atoms with van der Waals surface area (Å²) in [5.41, 5.74) is 0. The monoisotopic (exact) mass is 460 g/mol. The third-order valence-corrected chi connectivity index (χ3v) is 10.5. The Kier molecular flexibility index (Phi) is 9.78. The molecule has 2 radical (unpaired) electrons. The van der Waals surface area contributed by atoms with E-state index in [2.05, 4.69) is 30.7 Å². The number of hydrogen-bond acceptors (Lipinski definition) is 4. The first-order chi connectivity index (χ1) is 11.4. The summed E-state index contributed by atoms with van der Waals surface area (Å²) in [6, 6.07) is 0. The molecule has 1 rings (SSSR count). The molecule has 0 saturated heterocycles. The van der Waals surface area contributed by atoms with Crippen molar-refractivity contribution in [2.45, 2.75) is 87.1 Å². The van der Waals surface area contributed by atoms with Gasteiger partial charge in [0, 0.05) is 0 Å². The van der Waals surface area contributed by atoms with Crippen molar-refractivity contribution in [1.29, 1.82) is 0 Å². The van der Waals surface area contributed by atoms with Crippen LogP contribution >= 0.6 is 0 Å². The first-order valence-electron chi connectivity index (χ1n) is 9.17. The van der Waals surface area contributed by atoms with Crippen molar-refractivity contribution in [3.63, 3.8) is 0 Å². The summed E-state index contributed by atoms with van der Waals surface area (Å²) in [6.45, 7) is 6.79. The summed E-state index contributed by atoms with van der Waals surface area (Å²) in [5, 5.41) is -0.0492.